The lowest BCUT2D eigenvalue weighted by atomic mass is 10.0. The number of fused-ring (bicyclic) bond motifs is 8. The molecule has 8 amide bonds. The fourth-order valence-electron chi connectivity index (χ4n) is 17.0. The molecule has 8 aromatic carbocycles. The van der Waals surface area contributed by atoms with E-state index >= 15 is 4.39 Å². The first-order valence-corrected chi connectivity index (χ1v) is 44.9. The highest BCUT2D eigenvalue weighted by Crippen LogP contribution is 2.47. The molecule has 7 aliphatic rings. The standard InChI is InChI=1S/C25H27F2N5O3.C25H26F2N4O4.C23H21F5N4O5.C22H20F4N4O4/c26-23(27)16-3-1-4-17(13-16)24(35)29-25-28-20-14-19(5-6-21(20)31(25)9-2-12-33)32-18-7-10-30(11-8-18)15-22(32)34;26-23(27)16-3-1-4-17(11-16)24(34)29-25-28-19-13-20(30-8-10-35-14-22(30)33)18(15-5-6-15)12-21(19)31(25)7-2-9-32;24-21(25)37-18-11-16-15(10-17(18)31-6-8-36-12-19(31)34)29-22(32(16)5-2-7-33)30-20(35)13-3-1-4-14(9-13)23(26,27)28;23-16-10-15(29-6-8-34-12-18(29)32)11-17-19(16)30(5-2-7-31)21(27-17)28-20(33)13-3-1-4-14(9-13)22(24,25)26/h1,3-6,13-14,18,23,33H,2,7-12,15H2,(H,28,29,35);1,3-4,11-13,15,23,32H,2,5-10,14H2,(H,28,29,34);1,3-4,9-11,21,33H,2,5-8,12H2,(H,29,30,35);1,3-4,9-11,31H,2,5-8,12H2,(H,27,28,33). The molecule has 10 heterocycles. The van der Waals surface area contributed by atoms with Crippen LogP contribution in [-0.4, -0.2) is 229 Å². The van der Waals surface area contributed by atoms with Gasteiger partial charge < -0.3 is 77.2 Å². The summed E-state index contributed by atoms with van der Waals surface area (Å²) in [4.78, 5) is 127. The second-order valence-corrected chi connectivity index (χ2v) is 33.4. The maximum Gasteiger partial charge on any atom is 0.416 e. The molecule has 746 valence electrons. The number of halogens is 13. The van der Waals surface area contributed by atoms with Crippen LogP contribution in [0, 0.1) is 5.82 Å². The largest absolute Gasteiger partial charge is 0.433 e. The maximum absolute atomic E-state index is 15.1. The summed E-state index contributed by atoms with van der Waals surface area (Å²) in [6.07, 6.45) is -9.44. The van der Waals surface area contributed by atoms with Gasteiger partial charge in [-0.2, -0.15) is 35.1 Å². The van der Waals surface area contributed by atoms with Crippen LogP contribution in [-0.2, 0) is 71.9 Å². The van der Waals surface area contributed by atoms with Gasteiger partial charge in [-0.3, -0.25) is 64.5 Å². The monoisotopic (exact) mass is 1980 g/mol. The van der Waals surface area contributed by atoms with Gasteiger partial charge in [-0.05, 0) is 172 Å². The smallest absolute Gasteiger partial charge is 0.416 e. The van der Waals surface area contributed by atoms with Crippen LogP contribution < -0.4 is 45.6 Å². The van der Waals surface area contributed by atoms with Gasteiger partial charge in [-0.1, -0.05) is 36.4 Å². The van der Waals surface area contributed by atoms with Crippen molar-refractivity contribution in [2.24, 2.45) is 0 Å². The van der Waals surface area contributed by atoms with Gasteiger partial charge in [-0.25, -0.2) is 41.9 Å². The normalized spacial score (nSPS) is 16.3. The van der Waals surface area contributed by atoms with E-state index in [4.69, 9.17) is 14.2 Å². The molecule has 1 saturated carbocycles. The van der Waals surface area contributed by atoms with Gasteiger partial charge in [-0.15, -0.1) is 0 Å². The number of imidazole rings is 4. The molecule has 46 heteroatoms. The van der Waals surface area contributed by atoms with Gasteiger partial charge in [0.1, 0.15) is 25.3 Å². The first-order valence-electron chi connectivity index (χ1n) is 44.9. The number of ether oxygens (including phenoxy) is 4. The van der Waals surface area contributed by atoms with Crippen LogP contribution in [0.5, 0.6) is 5.75 Å². The number of hydrogen-bond acceptors (Lipinski definition) is 21. The summed E-state index contributed by atoms with van der Waals surface area (Å²) in [5.41, 5.74) is 3.41. The fraction of sp³-hybridized carbons (Fsp3) is 0.368. The third kappa shape index (κ3) is 23.8. The van der Waals surface area contributed by atoms with Gasteiger partial charge in [0.25, 0.3) is 54.2 Å². The molecule has 6 saturated heterocycles. The molecule has 1 aliphatic carbocycles. The molecular weight excluding hydrogens is 1880 g/mol. The van der Waals surface area contributed by atoms with E-state index < -0.39 is 78.3 Å². The Kier molecular flexibility index (Phi) is 32.1. The van der Waals surface area contributed by atoms with E-state index in [9.17, 15) is 111 Å². The van der Waals surface area contributed by atoms with E-state index in [-0.39, 0.29) is 219 Å². The fourth-order valence-corrected chi connectivity index (χ4v) is 17.0. The van der Waals surface area contributed by atoms with Crippen LogP contribution in [0.3, 0.4) is 0 Å². The average molecular weight is 1980 g/mol. The van der Waals surface area contributed by atoms with Crippen LogP contribution in [0.25, 0.3) is 44.1 Å². The van der Waals surface area contributed by atoms with Crippen molar-refractivity contribution in [2.75, 3.05) is 146 Å². The van der Waals surface area contributed by atoms with Crippen LogP contribution in [0.15, 0.2) is 152 Å². The van der Waals surface area contributed by atoms with Crippen molar-refractivity contribution in [1.29, 1.82) is 0 Å². The minimum absolute atomic E-state index is 0.0173. The molecule has 33 nitrogen and oxygen atoms in total. The van der Waals surface area contributed by atoms with E-state index in [0.29, 0.717) is 74.7 Å². The molecule has 141 heavy (non-hydrogen) atoms. The van der Waals surface area contributed by atoms with Crippen molar-refractivity contribution in [3.05, 3.63) is 208 Å². The van der Waals surface area contributed by atoms with Crippen molar-refractivity contribution in [3.63, 3.8) is 0 Å². The van der Waals surface area contributed by atoms with Gasteiger partial charge in [0, 0.05) is 148 Å². The zero-order chi connectivity index (χ0) is 100. The molecule has 0 unspecified atom stereocenters. The van der Waals surface area contributed by atoms with Crippen LogP contribution in [0.4, 0.5) is 104 Å². The highest BCUT2D eigenvalue weighted by atomic mass is 19.4. The van der Waals surface area contributed by atoms with Crippen molar-refractivity contribution < 1.29 is 135 Å². The zero-order valence-electron chi connectivity index (χ0n) is 75.0. The number of aromatic nitrogens is 8. The summed E-state index contributed by atoms with van der Waals surface area (Å²) >= 11 is 0. The Morgan fingerprint density at radius 3 is 1.28 bits per heavy atom. The highest BCUT2D eigenvalue weighted by molar-refractivity contribution is 6.09. The third-order valence-corrected chi connectivity index (χ3v) is 23.9. The number of carbonyl (C=O) groups is 8. The Labute approximate surface area is 793 Å². The van der Waals surface area contributed by atoms with E-state index in [1.807, 2.05) is 39.8 Å². The lowest BCUT2D eigenvalue weighted by molar-refractivity contribution is -0.138. The molecule has 12 aromatic rings. The number of carbonyl (C=O) groups excluding carboxylic acids is 8. The number of rotatable bonds is 29. The SMILES string of the molecule is O=C(Nc1nc2cc(N3C(=O)CN4CCC3CC4)ccc2n1CCCO)c1cccc(C(F)F)c1.O=C(Nc1nc2cc(N3CCOCC3=O)c(C3CC3)cc2n1CCCO)c1cccc(C(F)F)c1.O=C(Nc1nc2cc(N3CCOCC3=O)c(OC(F)F)cc2n1CCCO)c1cccc(C(F)(F)F)c1.O=C(Nc1nc2cc(N3CCOCC3=O)cc(F)c2n1CCCO)c1cccc(C(F)(F)F)c1. The minimum Gasteiger partial charge on any atom is -0.433 e. The molecule has 7 fully saturated rings. The number of morpholine rings is 3. The average Bonchev–Trinajstić information content (AvgIpc) is 1.59. The minimum atomic E-state index is -4.65. The summed E-state index contributed by atoms with van der Waals surface area (Å²) in [6, 6.07) is 33.2. The Balaban J connectivity index is 0.000000142. The highest BCUT2D eigenvalue weighted by Gasteiger charge is 2.39. The van der Waals surface area contributed by atoms with Crippen molar-refractivity contribution in [3.8, 4) is 5.75 Å². The Morgan fingerprint density at radius 2 is 0.830 bits per heavy atom. The summed E-state index contributed by atoms with van der Waals surface area (Å²) in [5.74, 6) is -4.10. The number of aliphatic hydroxyl groups is 4. The second-order valence-electron chi connectivity index (χ2n) is 33.4. The number of benzene rings is 8. The molecular formula is C95H94F13N17O16. The maximum atomic E-state index is 15.1. The van der Waals surface area contributed by atoms with Crippen LogP contribution in [0.2, 0.25) is 0 Å². The van der Waals surface area contributed by atoms with Crippen molar-refractivity contribution >= 4 is 138 Å². The van der Waals surface area contributed by atoms with E-state index in [1.54, 1.807) is 9.47 Å². The molecule has 4 aromatic heterocycles. The summed E-state index contributed by atoms with van der Waals surface area (Å²) in [7, 11) is 0. The van der Waals surface area contributed by atoms with E-state index in [1.165, 1.54) is 91.7 Å². The molecule has 0 atom stereocenters. The Bertz CT molecular complexity index is 6640. The second kappa shape index (κ2) is 44.6. The molecule has 19 rings (SSSR count). The zero-order valence-corrected chi connectivity index (χ0v) is 75.0. The number of alkyl halides is 12. The van der Waals surface area contributed by atoms with Crippen LogP contribution >= 0.6 is 0 Å². The van der Waals surface area contributed by atoms with E-state index in [0.717, 1.165) is 103 Å². The number of hydrogen-bond donors (Lipinski definition) is 8. The number of aryl methyl sites for hydroxylation is 4. The van der Waals surface area contributed by atoms with Gasteiger partial charge in [0.15, 0.2) is 11.6 Å². The number of nitrogens with zero attached hydrogens (tertiary/aromatic N) is 13. The molecule has 0 spiro atoms. The number of aliphatic hydroxyl groups excluding tert-OH is 4. The predicted molar refractivity (Wildman–Crippen MR) is 488 cm³/mol. The van der Waals surface area contributed by atoms with Gasteiger partial charge in [0.05, 0.1) is 81.8 Å². The summed E-state index contributed by atoms with van der Waals surface area (Å²) < 4.78 is 199. The molecule has 2 bridgehead atoms. The number of piperidine rings is 1. The quantitative estimate of drug-likeness (QED) is 0.0202. The lowest BCUT2D eigenvalue weighted by Gasteiger charge is -2.31. The molecule has 0 radical (unpaired) electrons. The first-order chi connectivity index (χ1) is 67.7. The van der Waals surface area contributed by atoms with Crippen molar-refractivity contribution in [2.45, 2.75) is 121 Å². The predicted octanol–water partition coefficient (Wildman–Crippen LogP) is 14.1. The van der Waals surface area contributed by atoms with Crippen LogP contribution in [0.1, 0.15) is 139 Å². The Hall–Kier alpha value is -14.0. The molecule has 8 N–H and O–H groups in total. The summed E-state index contributed by atoms with van der Waals surface area (Å²) in [6.45, 7) is 0.749. The number of nitrogens with one attached hydrogen (secondary N) is 4. The third-order valence-electron chi connectivity index (χ3n) is 23.9. The van der Waals surface area contributed by atoms with Gasteiger partial charge in [0.2, 0.25) is 29.7 Å². The topological polar surface area (TPSA) is 390 Å². The number of anilines is 8. The summed E-state index contributed by atoms with van der Waals surface area (Å²) in [5, 5.41) is 47.7. The van der Waals surface area contributed by atoms with Gasteiger partial charge >= 0.3 is 19.0 Å². The van der Waals surface area contributed by atoms with Crippen molar-refractivity contribution in [1.82, 2.24) is 43.1 Å². The molecule has 6 aliphatic heterocycles. The number of amides is 8. The van der Waals surface area contributed by atoms with E-state index in [2.05, 4.69) is 50.8 Å². The first kappa shape index (κ1) is 101. The Morgan fingerprint density at radius 1 is 0.426 bits per heavy atom. The lowest BCUT2D eigenvalue weighted by Crippen LogP contribution is -2.42.